The molecule has 1 amide bonds. The average Bonchev–Trinajstić information content (AvgIpc) is 3.29. The van der Waals surface area contributed by atoms with E-state index in [0.717, 1.165) is 60.8 Å². The zero-order valence-electron chi connectivity index (χ0n) is 22.2. The van der Waals surface area contributed by atoms with Crippen LogP contribution in [-0.2, 0) is 22.4 Å². The Morgan fingerprint density at radius 2 is 1.76 bits per heavy atom. The van der Waals surface area contributed by atoms with Crippen LogP contribution >= 0.6 is 0 Å². The number of carbonyl (C=O) groups is 2. The number of benzene rings is 2. The number of halogens is 2. The number of Topliss-reactive ketones (excluding diaryl/α,β-unsaturated/α-hetero) is 1. The number of amides is 1. The largest absolute Gasteiger partial charge is 0.494 e. The topological polar surface area (TPSA) is 73.7 Å². The summed E-state index contributed by atoms with van der Waals surface area (Å²) >= 11 is 0. The van der Waals surface area contributed by atoms with E-state index in [1.54, 1.807) is 11.8 Å². The monoisotopic (exact) mass is 525 g/mol. The van der Waals surface area contributed by atoms with Gasteiger partial charge in [-0.05, 0) is 76.1 Å². The van der Waals surface area contributed by atoms with Crippen LogP contribution in [0.1, 0.15) is 68.9 Å². The third-order valence-corrected chi connectivity index (χ3v) is 8.23. The van der Waals surface area contributed by atoms with Gasteiger partial charge >= 0.3 is 6.09 Å². The quantitative estimate of drug-likeness (QED) is 0.400. The van der Waals surface area contributed by atoms with Crippen LogP contribution < -0.4 is 9.64 Å². The number of rotatable bonds is 5. The number of hydrogen-bond donors (Lipinski definition) is 0. The van der Waals surface area contributed by atoms with E-state index in [1.165, 1.54) is 26.4 Å². The number of methoxy groups -OCH3 is 2. The van der Waals surface area contributed by atoms with Gasteiger partial charge in [-0.2, -0.15) is 4.39 Å². The molecule has 38 heavy (non-hydrogen) atoms. The number of aryl methyl sites for hydroxylation is 1. The van der Waals surface area contributed by atoms with Crippen LogP contribution in [0.2, 0.25) is 0 Å². The Bertz CT molecular complexity index is 1390. The number of ketones is 1. The van der Waals surface area contributed by atoms with Gasteiger partial charge in [0, 0.05) is 30.0 Å². The number of carbonyl (C=O) groups excluding carboxylic acids is 2. The zero-order valence-corrected chi connectivity index (χ0v) is 22.2. The molecular weight excluding hydrogens is 492 g/mol. The van der Waals surface area contributed by atoms with E-state index in [1.807, 2.05) is 19.1 Å². The van der Waals surface area contributed by atoms with Crippen LogP contribution in [0.15, 0.2) is 24.3 Å². The fourth-order valence-corrected chi connectivity index (χ4v) is 6.13. The third-order valence-electron chi connectivity index (χ3n) is 8.23. The molecule has 2 aromatic carbocycles. The maximum absolute atomic E-state index is 15.0. The van der Waals surface area contributed by atoms with E-state index in [4.69, 9.17) is 14.5 Å². The van der Waals surface area contributed by atoms with Crippen molar-refractivity contribution in [1.82, 2.24) is 9.55 Å². The van der Waals surface area contributed by atoms with Gasteiger partial charge in [-0.3, -0.25) is 9.69 Å². The normalized spacial score (nSPS) is 21.3. The highest BCUT2D eigenvalue weighted by Crippen LogP contribution is 2.41. The molecule has 0 spiro atoms. The van der Waals surface area contributed by atoms with E-state index >= 15 is 4.39 Å². The van der Waals surface area contributed by atoms with Crippen molar-refractivity contribution in [3.8, 4) is 5.75 Å². The number of fused-ring (bicyclic) bond motifs is 3. The maximum Gasteiger partial charge on any atom is 0.414 e. The van der Waals surface area contributed by atoms with Gasteiger partial charge in [-0.1, -0.05) is 6.07 Å². The number of ether oxygens (including phenoxy) is 2. The van der Waals surface area contributed by atoms with Crippen LogP contribution in [0.5, 0.6) is 5.75 Å². The lowest BCUT2D eigenvalue weighted by Crippen LogP contribution is -2.42. The second-order valence-corrected chi connectivity index (χ2v) is 10.4. The van der Waals surface area contributed by atoms with Gasteiger partial charge in [-0.25, -0.2) is 14.2 Å². The summed E-state index contributed by atoms with van der Waals surface area (Å²) in [7, 11) is 2.67. The molecule has 1 fully saturated rings. The van der Waals surface area contributed by atoms with Gasteiger partial charge in [0.05, 0.1) is 30.9 Å². The summed E-state index contributed by atoms with van der Waals surface area (Å²) in [5, 5.41) is 0. The van der Waals surface area contributed by atoms with Crippen molar-refractivity contribution in [2.24, 2.45) is 5.92 Å². The highest BCUT2D eigenvalue weighted by Gasteiger charge is 2.33. The standard InChI is InChI=1S/C29H33F2N3O4/c1-16-5-11-21-22(33(16)29(36)38-4)12-13-23-28(21)32-25(15-19-8-14-24(37-3)27(31)26(19)30)34(23)20-9-6-18(7-10-20)17(2)35/h8,12-14,16,18,20H,5-7,9-11,15H2,1-4H3/t16-,18?,20?/m0/s1. The molecule has 7 nitrogen and oxygen atoms in total. The van der Waals surface area contributed by atoms with E-state index in [-0.39, 0.29) is 41.5 Å². The Morgan fingerprint density at radius 3 is 2.42 bits per heavy atom. The van der Waals surface area contributed by atoms with Crippen LogP contribution in [-0.4, -0.2) is 41.7 Å². The molecule has 0 N–H and O–H groups in total. The number of anilines is 1. The molecule has 1 aromatic heterocycles. The molecule has 0 unspecified atom stereocenters. The molecule has 1 saturated carbocycles. The van der Waals surface area contributed by atoms with Gasteiger partial charge in [-0.15, -0.1) is 0 Å². The first kappa shape index (κ1) is 26.1. The number of imidazole rings is 1. The zero-order chi connectivity index (χ0) is 27.1. The molecule has 1 aliphatic carbocycles. The molecule has 5 rings (SSSR count). The van der Waals surface area contributed by atoms with Crippen molar-refractivity contribution in [3.63, 3.8) is 0 Å². The fourth-order valence-electron chi connectivity index (χ4n) is 6.13. The predicted octanol–water partition coefficient (Wildman–Crippen LogP) is 6.14. The molecule has 1 atom stereocenters. The Kier molecular flexibility index (Phi) is 7.11. The molecule has 0 saturated heterocycles. The second-order valence-electron chi connectivity index (χ2n) is 10.4. The van der Waals surface area contributed by atoms with Crippen molar-refractivity contribution in [2.75, 3.05) is 19.1 Å². The van der Waals surface area contributed by atoms with Gasteiger partial charge in [0.2, 0.25) is 5.82 Å². The van der Waals surface area contributed by atoms with Crippen molar-refractivity contribution < 1.29 is 27.8 Å². The van der Waals surface area contributed by atoms with Crippen molar-refractivity contribution in [2.45, 2.75) is 70.9 Å². The molecule has 1 aliphatic heterocycles. The van der Waals surface area contributed by atoms with Crippen LogP contribution in [0.3, 0.4) is 0 Å². The summed E-state index contributed by atoms with van der Waals surface area (Å²) < 4.78 is 41.7. The van der Waals surface area contributed by atoms with Crippen molar-refractivity contribution >= 4 is 28.6 Å². The van der Waals surface area contributed by atoms with Crippen LogP contribution in [0, 0.1) is 17.6 Å². The Labute approximate surface area is 220 Å². The maximum atomic E-state index is 15.0. The fraction of sp³-hybridized carbons (Fsp3) is 0.483. The lowest BCUT2D eigenvalue weighted by molar-refractivity contribution is -0.121. The smallest absolute Gasteiger partial charge is 0.414 e. The van der Waals surface area contributed by atoms with E-state index in [2.05, 4.69) is 4.57 Å². The molecule has 9 heteroatoms. The van der Waals surface area contributed by atoms with Gasteiger partial charge in [0.15, 0.2) is 11.6 Å². The minimum atomic E-state index is -1.02. The first-order valence-corrected chi connectivity index (χ1v) is 13.2. The number of nitrogens with zero attached hydrogens (tertiary/aromatic N) is 3. The van der Waals surface area contributed by atoms with Crippen molar-refractivity contribution in [3.05, 3.63) is 52.9 Å². The summed E-state index contributed by atoms with van der Waals surface area (Å²) in [6, 6.07) is 6.91. The Balaban J connectivity index is 1.63. The summed E-state index contributed by atoms with van der Waals surface area (Å²) in [6.45, 7) is 3.63. The molecule has 3 aromatic rings. The first-order valence-electron chi connectivity index (χ1n) is 13.2. The Morgan fingerprint density at radius 1 is 1.03 bits per heavy atom. The van der Waals surface area contributed by atoms with Crippen LogP contribution in [0.4, 0.5) is 19.3 Å². The average molecular weight is 526 g/mol. The molecule has 2 heterocycles. The minimum Gasteiger partial charge on any atom is -0.494 e. The highest BCUT2D eigenvalue weighted by atomic mass is 19.2. The summed E-state index contributed by atoms with van der Waals surface area (Å²) in [4.78, 5) is 31.3. The molecule has 2 aliphatic rings. The predicted molar refractivity (Wildman–Crippen MR) is 140 cm³/mol. The lowest BCUT2D eigenvalue weighted by atomic mass is 9.83. The van der Waals surface area contributed by atoms with E-state index < -0.39 is 17.7 Å². The third kappa shape index (κ3) is 4.41. The SMILES string of the molecule is COC(=O)N1c2ccc3c(nc(Cc4ccc(OC)c(F)c4F)n3C3CCC(C(C)=O)CC3)c2CC[C@@H]1C. The molecular formula is C29H33F2N3O4. The summed E-state index contributed by atoms with van der Waals surface area (Å²) in [5.41, 5.74) is 3.57. The second kappa shape index (κ2) is 10.3. The summed E-state index contributed by atoms with van der Waals surface area (Å²) in [6.07, 6.45) is 4.32. The molecule has 0 bridgehead atoms. The molecule has 202 valence electrons. The van der Waals surface area contributed by atoms with E-state index in [9.17, 15) is 14.0 Å². The first-order chi connectivity index (χ1) is 18.2. The molecule has 0 radical (unpaired) electrons. The van der Waals surface area contributed by atoms with Gasteiger partial charge < -0.3 is 14.0 Å². The lowest BCUT2D eigenvalue weighted by Gasteiger charge is -2.34. The Hall–Kier alpha value is -3.49. The summed E-state index contributed by atoms with van der Waals surface area (Å²) in [5.74, 6) is -1.22. The number of aromatic nitrogens is 2. The van der Waals surface area contributed by atoms with Crippen molar-refractivity contribution in [1.29, 1.82) is 0 Å². The van der Waals surface area contributed by atoms with Crippen LogP contribution in [0.25, 0.3) is 11.0 Å². The highest BCUT2D eigenvalue weighted by molar-refractivity contribution is 5.95. The van der Waals surface area contributed by atoms with Gasteiger partial charge in [0.1, 0.15) is 11.6 Å². The van der Waals surface area contributed by atoms with E-state index in [0.29, 0.717) is 5.82 Å². The van der Waals surface area contributed by atoms with Gasteiger partial charge in [0.25, 0.3) is 0 Å². The number of hydrogen-bond acceptors (Lipinski definition) is 5. The minimum absolute atomic E-state index is 0.0211.